The van der Waals surface area contributed by atoms with Gasteiger partial charge in [0.1, 0.15) is 24.7 Å². The first-order chi connectivity index (χ1) is 12.7. The first kappa shape index (κ1) is 19.8. The zero-order valence-electron chi connectivity index (χ0n) is 15.2. The molecule has 0 aliphatic rings. The SMILES string of the molecule is CCOCCOc1cccc(NC(=O)c2ccc(OCCOC)cc2)c1. The molecular formula is C20H25NO5. The van der Waals surface area contributed by atoms with Gasteiger partial charge in [-0.1, -0.05) is 6.07 Å². The summed E-state index contributed by atoms with van der Waals surface area (Å²) in [6, 6.07) is 14.2. The predicted octanol–water partition coefficient (Wildman–Crippen LogP) is 3.38. The molecule has 2 rings (SSSR count). The number of ether oxygens (including phenoxy) is 4. The van der Waals surface area contributed by atoms with Crippen molar-refractivity contribution in [3.63, 3.8) is 0 Å². The molecule has 0 bridgehead atoms. The normalized spacial score (nSPS) is 10.4. The Hall–Kier alpha value is -2.57. The van der Waals surface area contributed by atoms with E-state index in [1.165, 1.54) is 0 Å². The van der Waals surface area contributed by atoms with Crippen LogP contribution in [0.3, 0.4) is 0 Å². The molecule has 0 fully saturated rings. The number of methoxy groups -OCH3 is 1. The van der Waals surface area contributed by atoms with Gasteiger partial charge in [-0.05, 0) is 43.3 Å². The highest BCUT2D eigenvalue weighted by molar-refractivity contribution is 6.04. The van der Waals surface area contributed by atoms with Gasteiger partial charge in [-0.15, -0.1) is 0 Å². The van der Waals surface area contributed by atoms with Crippen molar-refractivity contribution in [2.75, 3.05) is 45.5 Å². The van der Waals surface area contributed by atoms with Gasteiger partial charge in [0.15, 0.2) is 0 Å². The molecule has 0 heterocycles. The second-order valence-corrected chi connectivity index (χ2v) is 5.39. The average molecular weight is 359 g/mol. The van der Waals surface area contributed by atoms with Gasteiger partial charge in [-0.3, -0.25) is 4.79 Å². The lowest BCUT2D eigenvalue weighted by Crippen LogP contribution is -2.12. The maximum absolute atomic E-state index is 12.4. The Morgan fingerprint density at radius 1 is 0.923 bits per heavy atom. The van der Waals surface area contributed by atoms with Gasteiger partial charge in [0.25, 0.3) is 5.91 Å². The van der Waals surface area contributed by atoms with Crippen LogP contribution in [0.4, 0.5) is 5.69 Å². The number of rotatable bonds is 11. The topological polar surface area (TPSA) is 66.0 Å². The Labute approximate surface area is 154 Å². The van der Waals surface area contributed by atoms with Crippen molar-refractivity contribution in [3.05, 3.63) is 54.1 Å². The molecule has 0 saturated carbocycles. The first-order valence-corrected chi connectivity index (χ1v) is 8.56. The summed E-state index contributed by atoms with van der Waals surface area (Å²) in [5.41, 5.74) is 1.22. The van der Waals surface area contributed by atoms with E-state index in [1.54, 1.807) is 37.4 Å². The molecule has 0 aliphatic heterocycles. The average Bonchev–Trinajstić information content (AvgIpc) is 2.66. The third-order valence-electron chi connectivity index (χ3n) is 3.47. The van der Waals surface area contributed by atoms with Gasteiger partial charge in [-0.25, -0.2) is 0 Å². The minimum absolute atomic E-state index is 0.195. The zero-order chi connectivity index (χ0) is 18.6. The predicted molar refractivity (Wildman–Crippen MR) is 100 cm³/mol. The number of amides is 1. The molecule has 26 heavy (non-hydrogen) atoms. The number of anilines is 1. The van der Waals surface area contributed by atoms with Crippen molar-refractivity contribution in [2.24, 2.45) is 0 Å². The molecule has 2 aromatic rings. The van der Waals surface area contributed by atoms with Gasteiger partial charge >= 0.3 is 0 Å². The lowest BCUT2D eigenvalue weighted by molar-refractivity contribution is 0.102. The van der Waals surface area contributed by atoms with E-state index >= 15 is 0 Å². The molecule has 2 aromatic carbocycles. The van der Waals surface area contributed by atoms with Crippen molar-refractivity contribution in [2.45, 2.75) is 6.92 Å². The lowest BCUT2D eigenvalue weighted by atomic mass is 10.2. The fourth-order valence-electron chi connectivity index (χ4n) is 2.18. The van der Waals surface area contributed by atoms with E-state index in [2.05, 4.69) is 5.32 Å². The second-order valence-electron chi connectivity index (χ2n) is 5.39. The van der Waals surface area contributed by atoms with Crippen LogP contribution in [0.15, 0.2) is 48.5 Å². The molecule has 0 aromatic heterocycles. The summed E-state index contributed by atoms with van der Waals surface area (Å²) in [6.45, 7) is 4.59. The van der Waals surface area contributed by atoms with Crippen LogP contribution in [0.5, 0.6) is 11.5 Å². The third kappa shape index (κ3) is 6.74. The molecule has 0 aliphatic carbocycles. The van der Waals surface area contributed by atoms with Crippen LogP contribution in [-0.2, 0) is 9.47 Å². The molecule has 6 nitrogen and oxygen atoms in total. The van der Waals surface area contributed by atoms with E-state index in [1.807, 2.05) is 25.1 Å². The van der Waals surface area contributed by atoms with Gasteiger partial charge in [-0.2, -0.15) is 0 Å². The Kier molecular flexibility index (Phi) is 8.45. The van der Waals surface area contributed by atoms with E-state index in [4.69, 9.17) is 18.9 Å². The zero-order valence-corrected chi connectivity index (χ0v) is 15.2. The Bertz CT molecular complexity index is 672. The number of benzene rings is 2. The van der Waals surface area contributed by atoms with Crippen molar-refractivity contribution >= 4 is 11.6 Å². The Morgan fingerprint density at radius 2 is 1.65 bits per heavy atom. The summed E-state index contributed by atoms with van der Waals surface area (Å²) in [6.07, 6.45) is 0. The van der Waals surface area contributed by atoms with Crippen LogP contribution in [0.1, 0.15) is 17.3 Å². The van der Waals surface area contributed by atoms with Crippen molar-refractivity contribution in [1.82, 2.24) is 0 Å². The molecule has 6 heteroatoms. The fraction of sp³-hybridized carbons (Fsp3) is 0.350. The van der Waals surface area contributed by atoms with E-state index in [-0.39, 0.29) is 5.91 Å². The fourth-order valence-corrected chi connectivity index (χ4v) is 2.18. The maximum Gasteiger partial charge on any atom is 0.255 e. The van der Waals surface area contributed by atoms with Gasteiger partial charge in [0, 0.05) is 31.0 Å². The summed E-state index contributed by atoms with van der Waals surface area (Å²) >= 11 is 0. The maximum atomic E-state index is 12.4. The highest BCUT2D eigenvalue weighted by atomic mass is 16.5. The van der Waals surface area contributed by atoms with Crippen molar-refractivity contribution < 1.29 is 23.7 Å². The molecule has 0 radical (unpaired) electrons. The number of carbonyl (C=O) groups is 1. The molecule has 0 spiro atoms. The van der Waals surface area contributed by atoms with E-state index in [0.717, 1.165) is 0 Å². The van der Waals surface area contributed by atoms with Crippen molar-refractivity contribution in [1.29, 1.82) is 0 Å². The molecule has 0 unspecified atom stereocenters. The summed E-state index contributed by atoms with van der Waals surface area (Å²) in [5.74, 6) is 1.19. The smallest absolute Gasteiger partial charge is 0.255 e. The third-order valence-corrected chi connectivity index (χ3v) is 3.47. The summed E-state index contributed by atoms with van der Waals surface area (Å²) in [4.78, 5) is 12.4. The Balaban J connectivity index is 1.88. The number of nitrogens with one attached hydrogen (secondary N) is 1. The second kappa shape index (κ2) is 11.1. The van der Waals surface area contributed by atoms with Gasteiger partial charge in [0.05, 0.1) is 13.2 Å². The van der Waals surface area contributed by atoms with Gasteiger partial charge in [0.2, 0.25) is 0 Å². The van der Waals surface area contributed by atoms with Crippen LogP contribution in [0, 0.1) is 0 Å². The standard InChI is InChI=1S/C20H25NO5/c1-3-24-12-14-26-19-6-4-5-17(15-19)21-20(22)16-7-9-18(10-8-16)25-13-11-23-2/h4-10,15H,3,11-14H2,1-2H3,(H,21,22). The molecule has 140 valence electrons. The largest absolute Gasteiger partial charge is 0.491 e. The van der Waals surface area contributed by atoms with Crippen molar-refractivity contribution in [3.8, 4) is 11.5 Å². The summed E-state index contributed by atoms with van der Waals surface area (Å²) in [7, 11) is 1.62. The minimum Gasteiger partial charge on any atom is -0.491 e. The van der Waals surface area contributed by atoms with Crippen LogP contribution in [0.25, 0.3) is 0 Å². The van der Waals surface area contributed by atoms with Crippen LogP contribution >= 0.6 is 0 Å². The highest BCUT2D eigenvalue weighted by Gasteiger charge is 2.07. The Morgan fingerprint density at radius 3 is 2.38 bits per heavy atom. The molecule has 0 saturated heterocycles. The van der Waals surface area contributed by atoms with Gasteiger partial charge < -0.3 is 24.3 Å². The van der Waals surface area contributed by atoms with E-state index in [9.17, 15) is 4.79 Å². The highest BCUT2D eigenvalue weighted by Crippen LogP contribution is 2.19. The number of carbonyl (C=O) groups excluding carboxylic acids is 1. The molecule has 1 N–H and O–H groups in total. The van der Waals surface area contributed by atoms with E-state index in [0.29, 0.717) is 55.8 Å². The molecule has 0 atom stereocenters. The first-order valence-electron chi connectivity index (χ1n) is 8.56. The monoisotopic (exact) mass is 359 g/mol. The lowest BCUT2D eigenvalue weighted by Gasteiger charge is -2.10. The van der Waals surface area contributed by atoms with Crippen LogP contribution in [0.2, 0.25) is 0 Å². The summed E-state index contributed by atoms with van der Waals surface area (Å²) in [5, 5.41) is 2.86. The van der Waals surface area contributed by atoms with E-state index < -0.39 is 0 Å². The number of hydrogen-bond acceptors (Lipinski definition) is 5. The minimum atomic E-state index is -0.195. The summed E-state index contributed by atoms with van der Waals surface area (Å²) < 4.78 is 21.3. The number of hydrogen-bond donors (Lipinski definition) is 1. The van der Waals surface area contributed by atoms with Crippen LogP contribution in [-0.4, -0.2) is 46.1 Å². The van der Waals surface area contributed by atoms with Crippen LogP contribution < -0.4 is 14.8 Å². The molecular weight excluding hydrogens is 334 g/mol. The quantitative estimate of drug-likeness (QED) is 0.623. The molecule has 1 amide bonds.